The Balaban J connectivity index is 0.00000196. The van der Waals surface area contributed by atoms with E-state index in [0.29, 0.717) is 0 Å². The summed E-state index contributed by atoms with van der Waals surface area (Å²) < 4.78 is 0. The Morgan fingerprint density at radius 1 is 1.53 bits per heavy atom. The minimum Gasteiger partial charge on any atom is -0.324 e. The molecule has 5 heteroatoms. The molecular formula is C10H15ClN2O2. The van der Waals surface area contributed by atoms with Crippen LogP contribution in [0, 0.1) is 10.1 Å². The average molecular weight is 231 g/mol. The molecule has 1 rings (SSSR count). The summed E-state index contributed by atoms with van der Waals surface area (Å²) in [5, 5.41) is 10.5. The molecule has 0 aromatic heterocycles. The van der Waals surface area contributed by atoms with E-state index in [2.05, 4.69) is 0 Å². The van der Waals surface area contributed by atoms with Crippen LogP contribution >= 0.6 is 12.4 Å². The van der Waals surface area contributed by atoms with Crippen LogP contribution in [0.15, 0.2) is 24.3 Å². The molecule has 0 bridgehead atoms. The highest BCUT2D eigenvalue weighted by Crippen LogP contribution is 2.20. The van der Waals surface area contributed by atoms with E-state index in [-0.39, 0.29) is 24.1 Å². The molecule has 0 unspecified atom stereocenters. The average Bonchev–Trinajstić information content (AvgIpc) is 2.18. The quantitative estimate of drug-likeness (QED) is 0.639. The van der Waals surface area contributed by atoms with E-state index < -0.39 is 4.92 Å². The van der Waals surface area contributed by atoms with E-state index in [1.807, 2.05) is 13.0 Å². The van der Waals surface area contributed by atoms with Crippen LogP contribution in [0.25, 0.3) is 0 Å². The van der Waals surface area contributed by atoms with Gasteiger partial charge in [-0.1, -0.05) is 25.5 Å². The van der Waals surface area contributed by atoms with Crippen molar-refractivity contribution in [1.29, 1.82) is 0 Å². The smallest absolute Gasteiger partial charge is 0.269 e. The molecule has 2 N–H and O–H groups in total. The zero-order chi connectivity index (χ0) is 10.6. The first-order chi connectivity index (χ1) is 6.65. The Kier molecular flexibility index (Phi) is 5.89. The second kappa shape index (κ2) is 6.37. The first-order valence-electron chi connectivity index (χ1n) is 4.65. The molecule has 0 aliphatic carbocycles. The summed E-state index contributed by atoms with van der Waals surface area (Å²) in [7, 11) is 0. The maximum Gasteiger partial charge on any atom is 0.269 e. The third-order valence-electron chi connectivity index (χ3n) is 2.11. The predicted octanol–water partition coefficient (Wildman–Crippen LogP) is 2.82. The highest BCUT2D eigenvalue weighted by atomic mass is 35.5. The van der Waals surface area contributed by atoms with Crippen LogP contribution in [0.3, 0.4) is 0 Å². The standard InChI is InChI=1S/C10H14N2O2.ClH/c1-2-4-10(11)8-5-3-6-9(7-8)12(13)14;/h3,5-7,10H,2,4,11H2,1H3;1H/t10-;/m0./s1. The number of nitro benzene ring substituents is 1. The largest absolute Gasteiger partial charge is 0.324 e. The lowest BCUT2D eigenvalue weighted by Crippen LogP contribution is -2.09. The van der Waals surface area contributed by atoms with Gasteiger partial charge in [0.05, 0.1) is 4.92 Å². The number of nitrogens with zero attached hydrogens (tertiary/aromatic N) is 1. The molecule has 0 saturated carbocycles. The monoisotopic (exact) mass is 230 g/mol. The van der Waals surface area contributed by atoms with E-state index in [0.717, 1.165) is 18.4 Å². The van der Waals surface area contributed by atoms with Crippen LogP contribution in [0.5, 0.6) is 0 Å². The minimum absolute atomic E-state index is 0. The Morgan fingerprint density at radius 2 is 2.20 bits per heavy atom. The zero-order valence-electron chi connectivity index (χ0n) is 8.55. The zero-order valence-corrected chi connectivity index (χ0v) is 9.37. The Bertz CT molecular complexity index is 331. The summed E-state index contributed by atoms with van der Waals surface area (Å²) >= 11 is 0. The van der Waals surface area contributed by atoms with E-state index in [1.54, 1.807) is 12.1 Å². The molecule has 1 aromatic rings. The van der Waals surface area contributed by atoms with Crippen LogP contribution in [0.4, 0.5) is 5.69 Å². The van der Waals surface area contributed by atoms with Crippen molar-refractivity contribution in [2.75, 3.05) is 0 Å². The number of nitro groups is 1. The van der Waals surface area contributed by atoms with Gasteiger partial charge < -0.3 is 5.73 Å². The maximum absolute atomic E-state index is 10.5. The number of nitrogens with two attached hydrogens (primary N) is 1. The fourth-order valence-corrected chi connectivity index (χ4v) is 1.35. The fraction of sp³-hybridized carbons (Fsp3) is 0.400. The summed E-state index contributed by atoms with van der Waals surface area (Å²) in [6, 6.07) is 6.42. The van der Waals surface area contributed by atoms with Gasteiger partial charge in [-0.05, 0) is 12.0 Å². The van der Waals surface area contributed by atoms with Gasteiger partial charge in [0.1, 0.15) is 0 Å². The van der Waals surface area contributed by atoms with Crippen molar-refractivity contribution in [3.8, 4) is 0 Å². The van der Waals surface area contributed by atoms with Gasteiger partial charge in [0.2, 0.25) is 0 Å². The third-order valence-corrected chi connectivity index (χ3v) is 2.11. The van der Waals surface area contributed by atoms with Crippen molar-refractivity contribution in [3.05, 3.63) is 39.9 Å². The van der Waals surface area contributed by atoms with E-state index >= 15 is 0 Å². The lowest BCUT2D eigenvalue weighted by atomic mass is 10.0. The molecule has 0 heterocycles. The molecule has 84 valence electrons. The molecule has 15 heavy (non-hydrogen) atoms. The van der Waals surface area contributed by atoms with Gasteiger partial charge in [0.15, 0.2) is 0 Å². The summed E-state index contributed by atoms with van der Waals surface area (Å²) in [6.45, 7) is 2.04. The van der Waals surface area contributed by atoms with Crippen molar-refractivity contribution in [1.82, 2.24) is 0 Å². The molecule has 4 nitrogen and oxygen atoms in total. The number of non-ortho nitro benzene ring substituents is 1. The van der Waals surface area contributed by atoms with Gasteiger partial charge >= 0.3 is 0 Å². The van der Waals surface area contributed by atoms with Gasteiger partial charge in [0, 0.05) is 18.2 Å². The van der Waals surface area contributed by atoms with Crippen molar-refractivity contribution >= 4 is 18.1 Å². The predicted molar refractivity (Wildman–Crippen MR) is 62.2 cm³/mol. The topological polar surface area (TPSA) is 69.2 Å². The van der Waals surface area contributed by atoms with Gasteiger partial charge in [-0.3, -0.25) is 10.1 Å². The SMILES string of the molecule is CCC[C@H](N)c1cccc([N+](=O)[O-])c1.Cl. The van der Waals surface area contributed by atoms with Crippen molar-refractivity contribution in [2.24, 2.45) is 5.73 Å². The van der Waals surface area contributed by atoms with Gasteiger partial charge in [-0.2, -0.15) is 0 Å². The molecule has 0 radical (unpaired) electrons. The normalized spacial score (nSPS) is 11.6. The highest BCUT2D eigenvalue weighted by molar-refractivity contribution is 5.85. The fourth-order valence-electron chi connectivity index (χ4n) is 1.35. The van der Waals surface area contributed by atoms with Crippen LogP contribution in [-0.2, 0) is 0 Å². The highest BCUT2D eigenvalue weighted by Gasteiger charge is 2.09. The van der Waals surface area contributed by atoms with Crippen molar-refractivity contribution in [2.45, 2.75) is 25.8 Å². The molecule has 1 aromatic carbocycles. The summed E-state index contributed by atoms with van der Waals surface area (Å²) in [5.41, 5.74) is 6.79. The lowest BCUT2D eigenvalue weighted by molar-refractivity contribution is -0.384. The summed E-state index contributed by atoms with van der Waals surface area (Å²) in [4.78, 5) is 10.1. The molecule has 0 amide bonds. The molecule has 0 spiro atoms. The van der Waals surface area contributed by atoms with Crippen LogP contribution in [0.1, 0.15) is 31.4 Å². The number of hydrogen-bond acceptors (Lipinski definition) is 3. The Hall–Kier alpha value is -1.13. The summed E-state index contributed by atoms with van der Waals surface area (Å²) in [5.74, 6) is 0. The van der Waals surface area contributed by atoms with Crippen LogP contribution < -0.4 is 5.73 Å². The number of benzene rings is 1. The molecule has 0 aliphatic heterocycles. The molecule has 0 fully saturated rings. The number of rotatable bonds is 4. The maximum atomic E-state index is 10.5. The van der Waals surface area contributed by atoms with Gasteiger partial charge in [-0.25, -0.2) is 0 Å². The second-order valence-corrected chi connectivity index (χ2v) is 3.25. The molecule has 0 saturated heterocycles. The first-order valence-corrected chi connectivity index (χ1v) is 4.65. The Morgan fingerprint density at radius 3 is 2.73 bits per heavy atom. The lowest BCUT2D eigenvalue weighted by Gasteiger charge is -2.09. The number of hydrogen-bond donors (Lipinski definition) is 1. The van der Waals surface area contributed by atoms with E-state index in [4.69, 9.17) is 5.73 Å². The summed E-state index contributed by atoms with van der Waals surface area (Å²) in [6.07, 6.45) is 1.82. The molecule has 1 atom stereocenters. The van der Waals surface area contributed by atoms with Crippen molar-refractivity contribution in [3.63, 3.8) is 0 Å². The van der Waals surface area contributed by atoms with Crippen LogP contribution in [0.2, 0.25) is 0 Å². The van der Waals surface area contributed by atoms with E-state index in [9.17, 15) is 10.1 Å². The van der Waals surface area contributed by atoms with Gasteiger partial charge in [0.25, 0.3) is 5.69 Å². The number of halogens is 1. The second-order valence-electron chi connectivity index (χ2n) is 3.25. The van der Waals surface area contributed by atoms with Crippen LogP contribution in [-0.4, -0.2) is 4.92 Å². The Labute approximate surface area is 95.0 Å². The first kappa shape index (κ1) is 13.9. The van der Waals surface area contributed by atoms with E-state index in [1.165, 1.54) is 6.07 Å². The third kappa shape index (κ3) is 3.85. The van der Waals surface area contributed by atoms with Gasteiger partial charge in [-0.15, -0.1) is 12.4 Å². The minimum atomic E-state index is -0.401. The molecule has 0 aliphatic rings. The van der Waals surface area contributed by atoms with Crippen molar-refractivity contribution < 1.29 is 4.92 Å². The molecular weight excluding hydrogens is 216 g/mol.